The van der Waals surface area contributed by atoms with Gasteiger partial charge in [-0.25, -0.2) is 19.2 Å². The van der Waals surface area contributed by atoms with E-state index in [-0.39, 0.29) is 62.2 Å². The lowest BCUT2D eigenvalue weighted by Gasteiger charge is -2.37. The summed E-state index contributed by atoms with van der Waals surface area (Å²) in [6.07, 6.45) is -6.34. The molecule has 0 spiro atoms. The highest BCUT2D eigenvalue weighted by molar-refractivity contribution is 8.52. The van der Waals surface area contributed by atoms with Gasteiger partial charge in [0.25, 0.3) is 0 Å². The van der Waals surface area contributed by atoms with Gasteiger partial charge in [-0.15, -0.1) is 0 Å². The molecule has 0 aromatic carbocycles. The third-order valence-corrected chi connectivity index (χ3v) is 18.0. The van der Waals surface area contributed by atoms with Gasteiger partial charge < -0.3 is 116 Å². The quantitative estimate of drug-likeness (QED) is 0.0474. The van der Waals surface area contributed by atoms with E-state index in [1.807, 2.05) is 0 Å². The molecule has 37 heteroatoms. The minimum absolute atomic E-state index is 0.0112. The predicted octanol–water partition coefficient (Wildman–Crippen LogP) is -0.634. The maximum absolute atomic E-state index is 13.0. The Morgan fingerprint density at radius 3 is 1.11 bits per heavy atom. The number of nitrogen functional groups attached to an aromatic ring is 4. The minimum atomic E-state index is -3.76. The van der Waals surface area contributed by atoms with Gasteiger partial charge in [0.15, 0.2) is 0 Å². The lowest BCUT2D eigenvalue weighted by Crippen LogP contribution is -2.31. The molecule has 15 unspecified atom stereocenters. The van der Waals surface area contributed by atoms with Crippen LogP contribution in [0.25, 0.3) is 0 Å². The summed E-state index contributed by atoms with van der Waals surface area (Å²) in [5, 5.41) is 20.9. The van der Waals surface area contributed by atoms with Crippen molar-refractivity contribution in [1.82, 2.24) is 38.2 Å². The van der Waals surface area contributed by atoms with Crippen LogP contribution in [0.15, 0.2) is 68.2 Å². The maximum atomic E-state index is 13.0. The topological polar surface area (TPSA) is 376 Å². The average Bonchev–Trinajstić information content (AvgIpc) is 4.09. The zero-order chi connectivity index (χ0) is 52.6. The van der Waals surface area contributed by atoms with E-state index in [1.165, 1.54) is 67.3 Å². The molecule has 4 saturated heterocycles. The molecule has 10 N–H and O–H groups in total. The van der Waals surface area contributed by atoms with E-state index in [9.17, 15) is 29.4 Å². The van der Waals surface area contributed by atoms with Crippen LogP contribution in [-0.4, -0.2) is 124 Å². The fraction of sp³-hybridized carbons (Fsp3) is 0.556. The summed E-state index contributed by atoms with van der Waals surface area (Å²) < 4.78 is 65.5. The molecule has 0 saturated carbocycles. The molecule has 4 aromatic heterocycles. The fourth-order valence-electron chi connectivity index (χ4n) is 8.11. The summed E-state index contributed by atoms with van der Waals surface area (Å²) in [7, 11) is 0. The molecule has 400 valence electrons. The van der Waals surface area contributed by atoms with E-state index in [0.29, 0.717) is 0 Å². The molecule has 4 aromatic rings. The van der Waals surface area contributed by atoms with Crippen molar-refractivity contribution in [3.05, 3.63) is 91.0 Å². The van der Waals surface area contributed by atoms with Crippen LogP contribution in [0, 0.1) is 0 Å². The number of hydrogen-bond acceptors (Lipinski definition) is 30. The van der Waals surface area contributed by atoms with Crippen LogP contribution in [0.1, 0.15) is 50.6 Å². The van der Waals surface area contributed by atoms with E-state index in [0.717, 1.165) is 0 Å². The van der Waals surface area contributed by atoms with Gasteiger partial charge >= 0.3 is 22.8 Å². The molecule has 0 bridgehead atoms. The molecule has 8 rings (SSSR count). The van der Waals surface area contributed by atoms with E-state index in [1.54, 1.807) is 0 Å². The number of hydrogen-bond donors (Lipinski definition) is 6. The van der Waals surface area contributed by atoms with Crippen molar-refractivity contribution in [2.45, 2.75) is 99.4 Å². The van der Waals surface area contributed by atoms with Crippen molar-refractivity contribution in [2.24, 2.45) is 0 Å². The number of rotatable bonds is 20. The van der Waals surface area contributed by atoms with Crippen molar-refractivity contribution < 1.29 is 56.3 Å². The smallest absolute Gasteiger partial charge is 0.351 e. The molecular formula is C36H46N12O16P3S6-3. The summed E-state index contributed by atoms with van der Waals surface area (Å²) >= 11 is 34.0. The van der Waals surface area contributed by atoms with Gasteiger partial charge in [0.1, 0.15) is 72.6 Å². The molecule has 0 amide bonds. The molecule has 8 heterocycles. The first-order valence-corrected chi connectivity index (χ1v) is 32.6. The zero-order valence-corrected chi connectivity index (χ0v) is 45.1. The molecular weight excluding hydrogens is 1140 g/mol. The first-order valence-electron chi connectivity index (χ1n) is 21.7. The Labute approximate surface area is 444 Å². The van der Waals surface area contributed by atoms with Gasteiger partial charge in [0.2, 0.25) is 0 Å². The van der Waals surface area contributed by atoms with E-state index >= 15 is 0 Å². The van der Waals surface area contributed by atoms with Crippen LogP contribution in [-0.2, 0) is 118 Å². The number of aromatic nitrogens is 8. The molecule has 4 fully saturated rings. The number of aliphatic hydroxyl groups excluding tert-OH is 2. The summed E-state index contributed by atoms with van der Waals surface area (Å²) in [5.74, 6) is -0.0271. The summed E-state index contributed by atoms with van der Waals surface area (Å²) in [5.41, 5.74) is 8.87. The molecule has 0 aliphatic carbocycles. The Bertz CT molecular complexity index is 3060. The van der Waals surface area contributed by atoms with Crippen molar-refractivity contribution in [1.29, 1.82) is 0 Å². The molecule has 0 radical (unpaired) electrons. The largest absolute Gasteiger partial charge is 0.691 e. The average molecular weight is 1190 g/mol. The van der Waals surface area contributed by atoms with E-state index in [2.05, 4.69) is 19.9 Å². The number of aliphatic hydroxyl groups is 2. The Morgan fingerprint density at radius 1 is 0.521 bits per heavy atom. The van der Waals surface area contributed by atoms with Gasteiger partial charge in [-0.1, -0.05) is 35.4 Å². The Hall–Kier alpha value is -2.76. The third-order valence-electron chi connectivity index (χ3n) is 11.6. The van der Waals surface area contributed by atoms with Gasteiger partial charge in [-0.05, 0) is 24.3 Å². The van der Waals surface area contributed by atoms with Crippen LogP contribution in [0.2, 0.25) is 0 Å². The summed E-state index contributed by atoms with van der Waals surface area (Å²) in [6, 6.07) is 5.61. The SMILES string of the molecule is Nc1ccn(C2CC(O)C(COP(=S)([S-])OC3CC(n4ccc(N)nc4=O)OC3COP(=S)([S-])OC3CC(n4ccc(N)nc4=O)OC3COP(=S)([S-])OC3CC(n4ccc(N)nc4=O)OC3CO)O2)c(=O)n1. The molecule has 73 heavy (non-hydrogen) atoms. The lowest BCUT2D eigenvalue weighted by atomic mass is 10.2. The molecule has 28 nitrogen and oxygen atoms in total. The van der Waals surface area contributed by atoms with Gasteiger partial charge in [-0.2, -0.15) is 19.9 Å². The highest BCUT2D eigenvalue weighted by Crippen LogP contribution is 2.55. The molecule has 4 aliphatic rings. The Kier molecular flexibility index (Phi) is 18.1. The van der Waals surface area contributed by atoms with Crippen LogP contribution >= 0.6 is 17.1 Å². The second kappa shape index (κ2) is 23.5. The zero-order valence-electron chi connectivity index (χ0n) is 37.5. The highest BCUT2D eigenvalue weighted by Gasteiger charge is 2.44. The van der Waals surface area contributed by atoms with Gasteiger partial charge in [0, 0.05) is 50.5 Å². The van der Waals surface area contributed by atoms with Crippen LogP contribution < -0.4 is 45.7 Å². The van der Waals surface area contributed by atoms with E-state index < -0.39 is 127 Å². The number of nitrogens with two attached hydrogens (primary N) is 4. The van der Waals surface area contributed by atoms with Crippen LogP contribution in [0.5, 0.6) is 0 Å². The van der Waals surface area contributed by atoms with Gasteiger partial charge in [-0.3, -0.25) is 18.3 Å². The first kappa shape index (κ1) is 56.4. The maximum Gasteiger partial charge on any atom is 0.351 e. The van der Waals surface area contributed by atoms with Crippen molar-refractivity contribution >= 4 is 113 Å². The molecule has 4 aliphatic heterocycles. The minimum Gasteiger partial charge on any atom is -0.691 e. The Balaban J connectivity index is 0.939. The van der Waals surface area contributed by atoms with Crippen LogP contribution in [0.3, 0.4) is 0 Å². The van der Waals surface area contributed by atoms with Crippen LogP contribution in [0.4, 0.5) is 23.3 Å². The first-order chi connectivity index (χ1) is 34.4. The number of nitrogens with zero attached hydrogens (tertiary/aromatic N) is 8. The van der Waals surface area contributed by atoms with Crippen molar-refractivity contribution in [3.8, 4) is 0 Å². The second-order valence-electron chi connectivity index (χ2n) is 16.5. The van der Waals surface area contributed by atoms with Gasteiger partial charge in [0.05, 0.1) is 67.9 Å². The summed E-state index contributed by atoms with van der Waals surface area (Å²) in [6.45, 7) is -1.59. The van der Waals surface area contributed by atoms with Crippen molar-refractivity contribution in [3.63, 3.8) is 0 Å². The number of anilines is 4. The van der Waals surface area contributed by atoms with E-state index in [4.69, 9.17) is 141 Å². The molecule has 15 atom stereocenters. The monoisotopic (exact) mass is 1190 g/mol. The van der Waals surface area contributed by atoms with Crippen molar-refractivity contribution in [2.75, 3.05) is 49.4 Å². The number of ether oxygens (including phenoxy) is 4. The third kappa shape index (κ3) is 14.2. The highest BCUT2D eigenvalue weighted by atomic mass is 32.9. The summed E-state index contributed by atoms with van der Waals surface area (Å²) in [4.78, 5) is 65.8. The normalized spacial score (nSPS) is 30.8. The lowest BCUT2D eigenvalue weighted by molar-refractivity contribution is -0.0497. The second-order valence-corrected chi connectivity index (χ2v) is 31.4. The Morgan fingerprint density at radius 2 is 0.795 bits per heavy atom. The fourth-order valence-corrected chi connectivity index (χ4v) is 14.0. The standard InChI is InChI=1S/C36H49N12O16P3S6/c37-25-1-5-45(33(51)41-25)29-9-17(50)22(59-29)14-55-65(68,69)63-19-11-31(47-7-3-27(39)43-35(47)53)61-24(19)16-57-67(72,73)64-20-12-32(48-8-4-28(40)44-36(48)54)60-23(20)15-56-66(70,71)62-18-10-30(58-21(18)13-49)46-6-2-26(38)42-34(46)52/h1-8,17-24,29-32,49-50H,9-16H2,(H,68,69)(H,70,71)(H,72,73)(H2,37,41,51)(H2,38,42,52)(H2,39,43,53)(H2,40,44,54)/p-3. The predicted molar refractivity (Wildman–Crippen MR) is 276 cm³/mol.